The summed E-state index contributed by atoms with van der Waals surface area (Å²) in [7, 11) is 0. The maximum Gasteiger partial charge on any atom is 0.0530 e. The number of rotatable bonds is 4. The molecule has 0 radical (unpaired) electrons. The lowest BCUT2D eigenvalue weighted by Gasteiger charge is -2.25. The standard InChI is InChI=1S/C15H20N4/c16-19-18-15-11-7-2-1-6-10-14(15)17-12-13-8-4-3-5-9-13/h1-5,8-9,14-15,17H,6-7,10-12H2/b2-1-. The quantitative estimate of drug-likeness (QED) is 0.377. The number of allylic oxidation sites excluding steroid dienone is 2. The van der Waals surface area contributed by atoms with Crippen LogP contribution < -0.4 is 5.32 Å². The average molecular weight is 256 g/mol. The summed E-state index contributed by atoms with van der Waals surface area (Å²) in [4.78, 5) is 3.00. The minimum absolute atomic E-state index is 0.0543. The molecule has 1 aliphatic carbocycles. The van der Waals surface area contributed by atoms with Gasteiger partial charge in [-0.25, -0.2) is 0 Å². The van der Waals surface area contributed by atoms with Crippen molar-refractivity contribution in [1.29, 1.82) is 0 Å². The lowest BCUT2D eigenvalue weighted by molar-refractivity contribution is 0.386. The fraction of sp³-hybridized carbons (Fsp3) is 0.467. The van der Waals surface area contributed by atoms with Crippen LogP contribution >= 0.6 is 0 Å². The fourth-order valence-electron chi connectivity index (χ4n) is 2.46. The van der Waals surface area contributed by atoms with Crippen LogP contribution in [-0.2, 0) is 6.54 Å². The summed E-state index contributed by atoms with van der Waals surface area (Å²) in [6.45, 7) is 0.826. The van der Waals surface area contributed by atoms with E-state index >= 15 is 0 Å². The molecule has 0 bridgehead atoms. The number of nitrogens with one attached hydrogen (secondary N) is 1. The molecule has 0 spiro atoms. The SMILES string of the molecule is [N-]=[N+]=NC1CC/C=C\CCC1NCc1ccccc1. The summed E-state index contributed by atoms with van der Waals surface area (Å²) < 4.78 is 0. The van der Waals surface area contributed by atoms with E-state index < -0.39 is 0 Å². The van der Waals surface area contributed by atoms with Crippen LogP contribution in [0, 0.1) is 0 Å². The molecule has 4 heteroatoms. The largest absolute Gasteiger partial charge is 0.310 e. The van der Waals surface area contributed by atoms with E-state index in [1.54, 1.807) is 0 Å². The van der Waals surface area contributed by atoms with Gasteiger partial charge in [-0.15, -0.1) is 0 Å². The normalized spacial score (nSPS) is 24.8. The molecule has 1 N–H and O–H groups in total. The molecule has 2 atom stereocenters. The summed E-state index contributed by atoms with van der Waals surface area (Å²) in [5.41, 5.74) is 9.96. The molecule has 1 aromatic carbocycles. The van der Waals surface area contributed by atoms with Gasteiger partial charge in [0.1, 0.15) is 0 Å². The Balaban J connectivity index is 1.97. The van der Waals surface area contributed by atoms with Crippen LogP contribution in [0.1, 0.15) is 31.2 Å². The molecule has 0 aliphatic heterocycles. The third kappa shape index (κ3) is 4.43. The molecule has 4 nitrogen and oxygen atoms in total. The Bertz CT molecular complexity index is 448. The zero-order valence-corrected chi connectivity index (χ0v) is 11.1. The number of benzene rings is 1. The summed E-state index contributed by atoms with van der Waals surface area (Å²) in [5.74, 6) is 0. The van der Waals surface area contributed by atoms with Crippen molar-refractivity contribution in [2.45, 2.75) is 44.3 Å². The highest BCUT2D eigenvalue weighted by Crippen LogP contribution is 2.17. The van der Waals surface area contributed by atoms with Gasteiger partial charge in [-0.1, -0.05) is 47.6 Å². The highest BCUT2D eigenvalue weighted by atomic mass is 15.2. The predicted molar refractivity (Wildman–Crippen MR) is 77.6 cm³/mol. The highest BCUT2D eigenvalue weighted by Gasteiger charge is 2.19. The third-order valence-electron chi connectivity index (χ3n) is 3.52. The second-order valence-corrected chi connectivity index (χ2v) is 4.87. The molecule has 19 heavy (non-hydrogen) atoms. The summed E-state index contributed by atoms with van der Waals surface area (Å²) in [5, 5.41) is 7.50. The van der Waals surface area contributed by atoms with E-state index in [0.29, 0.717) is 0 Å². The molecule has 0 heterocycles. The lowest BCUT2D eigenvalue weighted by Crippen LogP contribution is -2.38. The van der Waals surface area contributed by atoms with Crippen molar-refractivity contribution in [2.24, 2.45) is 5.11 Å². The van der Waals surface area contributed by atoms with Crippen molar-refractivity contribution in [1.82, 2.24) is 5.32 Å². The summed E-state index contributed by atoms with van der Waals surface area (Å²) in [6, 6.07) is 10.6. The Morgan fingerprint density at radius 1 is 1.16 bits per heavy atom. The minimum Gasteiger partial charge on any atom is -0.310 e. The van der Waals surface area contributed by atoms with Gasteiger partial charge in [0.2, 0.25) is 0 Å². The maximum atomic E-state index is 8.70. The maximum absolute atomic E-state index is 8.70. The van der Waals surface area contributed by atoms with Crippen molar-refractivity contribution < 1.29 is 0 Å². The van der Waals surface area contributed by atoms with E-state index in [0.717, 1.165) is 32.2 Å². The topological polar surface area (TPSA) is 60.8 Å². The first-order valence-electron chi connectivity index (χ1n) is 6.86. The average Bonchev–Trinajstić information content (AvgIpc) is 2.43. The van der Waals surface area contributed by atoms with Gasteiger partial charge >= 0.3 is 0 Å². The van der Waals surface area contributed by atoms with Gasteiger partial charge in [-0.2, -0.15) is 0 Å². The van der Waals surface area contributed by atoms with E-state index in [4.69, 9.17) is 5.53 Å². The molecule has 2 rings (SSSR count). The van der Waals surface area contributed by atoms with Crippen LogP contribution in [0.25, 0.3) is 10.4 Å². The molecule has 100 valence electrons. The first-order valence-corrected chi connectivity index (χ1v) is 6.86. The first kappa shape index (κ1) is 13.7. The van der Waals surface area contributed by atoms with Gasteiger partial charge in [-0.3, -0.25) is 0 Å². The van der Waals surface area contributed by atoms with Crippen molar-refractivity contribution in [3.05, 3.63) is 58.5 Å². The molecule has 0 aromatic heterocycles. The van der Waals surface area contributed by atoms with Gasteiger partial charge in [0.15, 0.2) is 0 Å². The molecule has 0 saturated carbocycles. The van der Waals surface area contributed by atoms with Crippen LogP contribution in [-0.4, -0.2) is 12.1 Å². The van der Waals surface area contributed by atoms with Crippen molar-refractivity contribution >= 4 is 0 Å². The number of nitrogens with zero attached hydrogens (tertiary/aromatic N) is 3. The van der Waals surface area contributed by atoms with E-state index in [-0.39, 0.29) is 12.1 Å². The second-order valence-electron chi connectivity index (χ2n) is 4.87. The fourth-order valence-corrected chi connectivity index (χ4v) is 2.46. The Hall–Kier alpha value is -1.77. The zero-order valence-electron chi connectivity index (χ0n) is 11.1. The molecule has 1 aromatic rings. The van der Waals surface area contributed by atoms with Crippen LogP contribution in [0.5, 0.6) is 0 Å². The van der Waals surface area contributed by atoms with Crippen LogP contribution in [0.3, 0.4) is 0 Å². The molecule has 0 fully saturated rings. The van der Waals surface area contributed by atoms with Crippen LogP contribution in [0.4, 0.5) is 0 Å². The Labute approximate surface area is 114 Å². The number of hydrogen-bond acceptors (Lipinski definition) is 2. The van der Waals surface area contributed by atoms with Gasteiger partial charge in [0.25, 0.3) is 0 Å². The molecular formula is C15H20N4. The van der Waals surface area contributed by atoms with E-state index in [9.17, 15) is 0 Å². The van der Waals surface area contributed by atoms with Crippen molar-refractivity contribution in [3.8, 4) is 0 Å². The zero-order chi connectivity index (χ0) is 13.3. The first-order chi connectivity index (χ1) is 9.40. The molecule has 1 aliphatic rings. The smallest absolute Gasteiger partial charge is 0.0530 e. The van der Waals surface area contributed by atoms with Crippen LogP contribution in [0.2, 0.25) is 0 Å². The highest BCUT2D eigenvalue weighted by molar-refractivity contribution is 5.14. The second kappa shape index (κ2) is 7.62. The van der Waals surface area contributed by atoms with Gasteiger partial charge in [-0.05, 0) is 36.8 Å². The summed E-state index contributed by atoms with van der Waals surface area (Å²) in [6.07, 6.45) is 8.40. The molecule has 0 amide bonds. The molecule has 2 unspecified atom stereocenters. The third-order valence-corrected chi connectivity index (χ3v) is 3.52. The summed E-state index contributed by atoms with van der Waals surface area (Å²) >= 11 is 0. The van der Waals surface area contributed by atoms with Gasteiger partial charge in [0.05, 0.1) is 6.04 Å². The van der Waals surface area contributed by atoms with E-state index in [1.165, 1.54) is 5.56 Å². The monoisotopic (exact) mass is 256 g/mol. The minimum atomic E-state index is 0.0543. The van der Waals surface area contributed by atoms with Crippen LogP contribution in [0.15, 0.2) is 47.6 Å². The van der Waals surface area contributed by atoms with E-state index in [2.05, 4.69) is 39.6 Å². The van der Waals surface area contributed by atoms with Crippen molar-refractivity contribution in [3.63, 3.8) is 0 Å². The Morgan fingerprint density at radius 3 is 2.63 bits per heavy atom. The number of hydrogen-bond donors (Lipinski definition) is 1. The lowest BCUT2D eigenvalue weighted by atomic mass is 9.96. The Morgan fingerprint density at radius 2 is 1.89 bits per heavy atom. The van der Waals surface area contributed by atoms with Gasteiger partial charge < -0.3 is 5.32 Å². The number of azide groups is 1. The molecular weight excluding hydrogens is 236 g/mol. The Kier molecular flexibility index (Phi) is 5.48. The van der Waals surface area contributed by atoms with Gasteiger partial charge in [0, 0.05) is 17.5 Å². The predicted octanol–water partition coefficient (Wildman–Crippen LogP) is 3.95. The van der Waals surface area contributed by atoms with E-state index in [1.807, 2.05) is 18.2 Å². The molecule has 0 saturated heterocycles. The van der Waals surface area contributed by atoms with Crippen molar-refractivity contribution in [2.75, 3.05) is 0 Å².